The summed E-state index contributed by atoms with van der Waals surface area (Å²) in [5.41, 5.74) is 2.15. The summed E-state index contributed by atoms with van der Waals surface area (Å²) >= 11 is 0. The quantitative estimate of drug-likeness (QED) is 0.193. The van der Waals surface area contributed by atoms with Crippen molar-refractivity contribution >= 4 is 6.08 Å². The first-order valence-corrected chi connectivity index (χ1v) is 14.0. The van der Waals surface area contributed by atoms with E-state index >= 15 is 0 Å². The lowest BCUT2D eigenvalue weighted by atomic mass is 9.89. The van der Waals surface area contributed by atoms with Crippen molar-refractivity contribution in [3.05, 3.63) is 42.0 Å². The van der Waals surface area contributed by atoms with Crippen LogP contribution in [0.1, 0.15) is 96.3 Å². The van der Waals surface area contributed by atoms with E-state index in [1.807, 2.05) is 6.08 Å². The molecule has 0 unspecified atom stereocenters. The molecule has 0 amide bonds. The van der Waals surface area contributed by atoms with Crippen LogP contribution in [0.15, 0.2) is 30.8 Å². The zero-order valence-corrected chi connectivity index (χ0v) is 22.7. The van der Waals surface area contributed by atoms with Gasteiger partial charge in [0.15, 0.2) is 0 Å². The average molecular weight is 491 g/mol. The maximum Gasteiger partial charge on any atom is 0.117 e. The van der Waals surface area contributed by atoms with Gasteiger partial charge < -0.3 is 23.7 Å². The summed E-state index contributed by atoms with van der Waals surface area (Å²) in [5, 5.41) is 0. The van der Waals surface area contributed by atoms with Crippen molar-refractivity contribution in [2.75, 3.05) is 33.0 Å². The van der Waals surface area contributed by atoms with Crippen LogP contribution in [-0.4, -0.2) is 57.5 Å². The van der Waals surface area contributed by atoms with Crippen molar-refractivity contribution in [1.82, 2.24) is 0 Å². The molecule has 1 aromatic rings. The van der Waals surface area contributed by atoms with Crippen molar-refractivity contribution in [1.29, 1.82) is 0 Å². The first-order chi connectivity index (χ1) is 17.2. The van der Waals surface area contributed by atoms with Crippen LogP contribution in [0.25, 0.3) is 6.08 Å². The Morgan fingerprint density at radius 1 is 0.771 bits per heavy atom. The summed E-state index contributed by atoms with van der Waals surface area (Å²) in [4.78, 5) is 0. The van der Waals surface area contributed by atoms with Gasteiger partial charge in [-0.1, -0.05) is 84.2 Å². The number of hydrogen-bond acceptors (Lipinski definition) is 5. The first-order valence-electron chi connectivity index (χ1n) is 14.0. The Morgan fingerprint density at radius 2 is 1.34 bits per heavy atom. The largest absolute Gasteiger partial charge is 0.379 e. The molecule has 0 N–H and O–H groups in total. The van der Waals surface area contributed by atoms with E-state index in [0.717, 1.165) is 69.1 Å². The van der Waals surface area contributed by atoms with Crippen LogP contribution in [0, 0.1) is 0 Å². The molecule has 0 bridgehead atoms. The van der Waals surface area contributed by atoms with Crippen LogP contribution in [0.3, 0.4) is 0 Å². The zero-order valence-electron chi connectivity index (χ0n) is 22.7. The van der Waals surface area contributed by atoms with E-state index in [-0.39, 0.29) is 30.5 Å². The van der Waals surface area contributed by atoms with E-state index < -0.39 is 0 Å². The zero-order chi connectivity index (χ0) is 25.3. The summed E-state index contributed by atoms with van der Waals surface area (Å²) in [5.74, 6) is 0. The molecule has 5 heteroatoms. The number of hydrogen-bond donors (Lipinski definition) is 0. The van der Waals surface area contributed by atoms with Gasteiger partial charge in [0.05, 0.1) is 6.61 Å². The highest BCUT2D eigenvalue weighted by Gasteiger charge is 2.48. The number of rotatable bonds is 19. The molecule has 0 spiro atoms. The predicted octanol–water partition coefficient (Wildman–Crippen LogP) is 7.14. The number of ether oxygens (including phenoxy) is 5. The fourth-order valence-electron chi connectivity index (χ4n) is 4.29. The lowest BCUT2D eigenvalue weighted by Gasteiger charge is -2.46. The molecular weight excluding hydrogens is 440 g/mol. The SMILES string of the molecule is C=Cc1cccc([C@@H]2O[C@H](COCCCC)[C@@H](OCCCC)[C@H](OCCCC)[C@H]2OCCCC)c1. The molecule has 1 aromatic carbocycles. The van der Waals surface area contributed by atoms with E-state index in [9.17, 15) is 0 Å². The Hall–Kier alpha value is -1.24. The molecule has 0 aliphatic carbocycles. The van der Waals surface area contributed by atoms with Crippen LogP contribution in [0.2, 0.25) is 0 Å². The fraction of sp³-hybridized carbons (Fsp3) is 0.733. The molecular formula is C30H50O5. The standard InChI is InChI=1S/C30H50O5/c1-6-11-18-31-23-26-28(32-19-12-7-2)30(34-21-14-9-4)29(33-20-13-8-3)27(35-26)25-17-15-16-24(10-5)22-25/h10,15-17,22,26-30H,5-9,11-14,18-21,23H2,1-4H3/t26-,27+,28-,29+,30+/m1/s1. The van der Waals surface area contributed by atoms with Crippen molar-refractivity contribution in [2.45, 2.75) is 110 Å². The maximum absolute atomic E-state index is 6.79. The monoisotopic (exact) mass is 490 g/mol. The van der Waals surface area contributed by atoms with Gasteiger partial charge in [-0.05, 0) is 42.9 Å². The Kier molecular flexibility index (Phi) is 15.5. The van der Waals surface area contributed by atoms with Gasteiger partial charge >= 0.3 is 0 Å². The molecule has 1 aliphatic rings. The molecule has 5 atom stereocenters. The van der Waals surface area contributed by atoms with Crippen LogP contribution in [0.4, 0.5) is 0 Å². The average Bonchev–Trinajstić information content (AvgIpc) is 2.88. The minimum Gasteiger partial charge on any atom is -0.379 e. The molecule has 0 saturated carbocycles. The minimum absolute atomic E-state index is 0.221. The van der Waals surface area contributed by atoms with E-state index in [1.165, 1.54) is 0 Å². The van der Waals surface area contributed by atoms with Crippen molar-refractivity contribution in [3.63, 3.8) is 0 Å². The maximum atomic E-state index is 6.79. The van der Waals surface area contributed by atoms with E-state index in [2.05, 4.69) is 58.5 Å². The van der Waals surface area contributed by atoms with Crippen LogP contribution in [0.5, 0.6) is 0 Å². The second-order valence-electron chi connectivity index (χ2n) is 9.46. The molecule has 200 valence electrons. The van der Waals surface area contributed by atoms with Crippen molar-refractivity contribution in [2.24, 2.45) is 0 Å². The lowest BCUT2D eigenvalue weighted by molar-refractivity contribution is -0.268. The molecule has 1 fully saturated rings. The predicted molar refractivity (Wildman–Crippen MR) is 144 cm³/mol. The molecule has 0 radical (unpaired) electrons. The van der Waals surface area contributed by atoms with Gasteiger partial charge in [0.25, 0.3) is 0 Å². The molecule has 1 heterocycles. The molecule has 2 rings (SSSR count). The third-order valence-corrected chi connectivity index (χ3v) is 6.46. The Labute approximate surface area is 214 Å². The third-order valence-electron chi connectivity index (χ3n) is 6.46. The minimum atomic E-state index is -0.260. The summed E-state index contributed by atoms with van der Waals surface area (Å²) in [6, 6.07) is 8.38. The van der Waals surface area contributed by atoms with E-state index in [4.69, 9.17) is 23.7 Å². The third kappa shape index (κ3) is 9.97. The Bertz CT molecular complexity index is 678. The number of unbranched alkanes of at least 4 members (excludes halogenated alkanes) is 4. The highest BCUT2D eigenvalue weighted by atomic mass is 16.6. The molecule has 1 aliphatic heterocycles. The molecule has 35 heavy (non-hydrogen) atoms. The van der Waals surface area contributed by atoms with Gasteiger partial charge in [-0.3, -0.25) is 0 Å². The summed E-state index contributed by atoms with van der Waals surface area (Å²) in [7, 11) is 0. The molecule has 1 saturated heterocycles. The topological polar surface area (TPSA) is 46.2 Å². The van der Waals surface area contributed by atoms with Crippen LogP contribution >= 0.6 is 0 Å². The van der Waals surface area contributed by atoms with E-state index in [0.29, 0.717) is 26.4 Å². The number of benzene rings is 1. The smallest absolute Gasteiger partial charge is 0.117 e. The van der Waals surface area contributed by atoms with Crippen molar-refractivity contribution in [3.8, 4) is 0 Å². The van der Waals surface area contributed by atoms with Gasteiger partial charge in [-0.2, -0.15) is 0 Å². The van der Waals surface area contributed by atoms with Gasteiger partial charge in [-0.25, -0.2) is 0 Å². The summed E-state index contributed by atoms with van der Waals surface area (Å²) < 4.78 is 32.4. The van der Waals surface area contributed by atoms with Gasteiger partial charge in [0, 0.05) is 26.4 Å². The second-order valence-corrected chi connectivity index (χ2v) is 9.46. The van der Waals surface area contributed by atoms with Gasteiger partial charge in [0.2, 0.25) is 0 Å². The molecule has 0 aromatic heterocycles. The second kappa shape index (κ2) is 18.1. The lowest BCUT2D eigenvalue weighted by Crippen LogP contribution is -2.58. The van der Waals surface area contributed by atoms with Gasteiger partial charge in [0.1, 0.15) is 30.5 Å². The normalized spacial score (nSPS) is 24.5. The highest BCUT2D eigenvalue weighted by Crippen LogP contribution is 2.38. The van der Waals surface area contributed by atoms with E-state index in [1.54, 1.807) is 0 Å². The van der Waals surface area contributed by atoms with Gasteiger partial charge in [-0.15, -0.1) is 0 Å². The Balaban J connectivity index is 2.39. The Morgan fingerprint density at radius 3 is 1.94 bits per heavy atom. The summed E-state index contributed by atoms with van der Waals surface area (Å²) in [6.45, 7) is 15.9. The van der Waals surface area contributed by atoms with Crippen LogP contribution in [-0.2, 0) is 23.7 Å². The molecule has 5 nitrogen and oxygen atoms in total. The summed E-state index contributed by atoms with van der Waals surface area (Å²) in [6.07, 6.45) is 9.09. The highest BCUT2D eigenvalue weighted by molar-refractivity contribution is 5.48. The fourth-order valence-corrected chi connectivity index (χ4v) is 4.29. The van der Waals surface area contributed by atoms with Crippen molar-refractivity contribution < 1.29 is 23.7 Å². The van der Waals surface area contributed by atoms with Crippen LogP contribution < -0.4 is 0 Å². The first kappa shape index (κ1) is 30.0.